The molecular formula is C12H9ClN2O2. The zero-order valence-corrected chi connectivity index (χ0v) is 9.59. The highest BCUT2D eigenvalue weighted by atomic mass is 35.5. The number of benzene rings is 1. The minimum Gasteiger partial charge on any atom is -0.258 e. The van der Waals surface area contributed by atoms with Crippen molar-refractivity contribution >= 4 is 34.3 Å². The maximum atomic E-state index is 10.9. The molecule has 0 unspecified atom stereocenters. The maximum Gasteiger partial charge on any atom is 0.278 e. The molecule has 1 aromatic heterocycles. The summed E-state index contributed by atoms with van der Waals surface area (Å²) in [7, 11) is 0. The van der Waals surface area contributed by atoms with E-state index in [0.29, 0.717) is 16.8 Å². The Morgan fingerprint density at radius 1 is 1.41 bits per heavy atom. The van der Waals surface area contributed by atoms with E-state index in [0.717, 1.165) is 5.56 Å². The number of aromatic nitrogens is 1. The number of halogens is 1. The molecule has 2 aromatic rings. The van der Waals surface area contributed by atoms with Crippen LogP contribution in [0.15, 0.2) is 36.5 Å². The van der Waals surface area contributed by atoms with Crippen molar-refractivity contribution in [1.82, 2.24) is 4.98 Å². The second kappa shape index (κ2) is 4.93. The number of non-ortho nitro benzene ring substituents is 1. The third-order valence-electron chi connectivity index (χ3n) is 2.36. The summed E-state index contributed by atoms with van der Waals surface area (Å²) in [6.45, 7) is 0. The van der Waals surface area contributed by atoms with E-state index in [2.05, 4.69) is 4.98 Å². The number of allylic oxidation sites excluding steroid dienone is 1. The Balaban J connectivity index is 2.70. The van der Waals surface area contributed by atoms with Gasteiger partial charge in [0.15, 0.2) is 0 Å². The second-order valence-corrected chi connectivity index (χ2v) is 3.70. The monoisotopic (exact) mass is 248 g/mol. The van der Waals surface area contributed by atoms with E-state index >= 15 is 0 Å². The lowest BCUT2D eigenvalue weighted by atomic mass is 10.1. The molecule has 0 saturated carbocycles. The number of pyridine rings is 1. The lowest BCUT2D eigenvalue weighted by molar-refractivity contribution is -0.383. The minimum absolute atomic E-state index is 0.0659. The van der Waals surface area contributed by atoms with Crippen molar-refractivity contribution in [2.75, 3.05) is 5.88 Å². The quantitative estimate of drug-likeness (QED) is 0.475. The van der Waals surface area contributed by atoms with Crippen LogP contribution in [0.2, 0.25) is 0 Å². The second-order valence-electron chi connectivity index (χ2n) is 3.39. The van der Waals surface area contributed by atoms with E-state index in [9.17, 15) is 10.1 Å². The number of fused-ring (bicyclic) bond motifs is 1. The van der Waals surface area contributed by atoms with Crippen molar-refractivity contribution in [2.45, 2.75) is 0 Å². The molecule has 1 aromatic carbocycles. The van der Waals surface area contributed by atoms with Crippen LogP contribution in [0.5, 0.6) is 0 Å². The van der Waals surface area contributed by atoms with E-state index < -0.39 is 4.92 Å². The smallest absolute Gasteiger partial charge is 0.258 e. The van der Waals surface area contributed by atoms with Gasteiger partial charge in [-0.1, -0.05) is 12.2 Å². The van der Waals surface area contributed by atoms with Gasteiger partial charge in [0.2, 0.25) is 0 Å². The van der Waals surface area contributed by atoms with Gasteiger partial charge in [0.05, 0.1) is 15.8 Å². The molecule has 0 amide bonds. The molecule has 0 fully saturated rings. The number of nitro benzene ring substituents is 1. The van der Waals surface area contributed by atoms with Crippen LogP contribution < -0.4 is 0 Å². The molecule has 0 N–H and O–H groups in total. The first-order chi connectivity index (χ1) is 8.24. The lowest BCUT2D eigenvalue weighted by Crippen LogP contribution is -1.92. The fourth-order valence-electron chi connectivity index (χ4n) is 1.64. The Hall–Kier alpha value is -1.94. The molecule has 0 aliphatic heterocycles. The zero-order chi connectivity index (χ0) is 12.3. The van der Waals surface area contributed by atoms with E-state index in [4.69, 9.17) is 11.6 Å². The van der Waals surface area contributed by atoms with Gasteiger partial charge in [-0.3, -0.25) is 15.1 Å². The predicted octanol–water partition coefficient (Wildman–Crippen LogP) is 3.40. The first-order valence-electron chi connectivity index (χ1n) is 4.98. The van der Waals surface area contributed by atoms with E-state index in [-0.39, 0.29) is 5.69 Å². The molecule has 2 rings (SSSR count). The number of rotatable bonds is 3. The first-order valence-corrected chi connectivity index (χ1v) is 5.52. The summed E-state index contributed by atoms with van der Waals surface area (Å²) in [6, 6.07) is 6.54. The van der Waals surface area contributed by atoms with Crippen molar-refractivity contribution in [2.24, 2.45) is 0 Å². The number of hydrogen-bond donors (Lipinski definition) is 0. The molecule has 17 heavy (non-hydrogen) atoms. The molecule has 0 aliphatic carbocycles. The van der Waals surface area contributed by atoms with Crippen LogP contribution in [0.25, 0.3) is 17.0 Å². The van der Waals surface area contributed by atoms with Crippen LogP contribution in [0.4, 0.5) is 5.69 Å². The summed E-state index contributed by atoms with van der Waals surface area (Å²) in [5, 5.41) is 11.4. The topological polar surface area (TPSA) is 56.0 Å². The van der Waals surface area contributed by atoms with Gasteiger partial charge in [-0.25, -0.2) is 0 Å². The molecule has 0 saturated heterocycles. The highest BCUT2D eigenvalue weighted by molar-refractivity contribution is 6.19. The first kappa shape index (κ1) is 11.5. The predicted molar refractivity (Wildman–Crippen MR) is 68.2 cm³/mol. The lowest BCUT2D eigenvalue weighted by Gasteiger charge is -2.02. The Morgan fingerprint density at radius 2 is 2.24 bits per heavy atom. The Bertz CT molecular complexity index is 596. The van der Waals surface area contributed by atoms with Crippen LogP contribution >= 0.6 is 11.6 Å². The van der Waals surface area contributed by atoms with Gasteiger partial charge in [-0.15, -0.1) is 11.6 Å². The van der Waals surface area contributed by atoms with E-state index in [1.807, 2.05) is 6.08 Å². The summed E-state index contributed by atoms with van der Waals surface area (Å²) in [5.74, 6) is 0.394. The Morgan fingerprint density at radius 3 is 2.94 bits per heavy atom. The van der Waals surface area contributed by atoms with Gasteiger partial charge in [0.1, 0.15) is 0 Å². The van der Waals surface area contributed by atoms with E-state index in [1.165, 1.54) is 6.07 Å². The molecule has 0 radical (unpaired) electrons. The van der Waals surface area contributed by atoms with Crippen molar-refractivity contribution in [3.8, 4) is 0 Å². The SMILES string of the molecule is O=[N+]([O-])c1ccc(C=CCCl)c2ncccc12. The van der Waals surface area contributed by atoms with Crippen LogP contribution in [0.3, 0.4) is 0 Å². The summed E-state index contributed by atoms with van der Waals surface area (Å²) < 4.78 is 0. The maximum absolute atomic E-state index is 10.9. The fraction of sp³-hybridized carbons (Fsp3) is 0.0833. The number of alkyl halides is 1. The molecule has 5 heteroatoms. The van der Waals surface area contributed by atoms with Crippen LogP contribution in [-0.4, -0.2) is 15.8 Å². The standard InChI is InChI=1S/C12H9ClN2O2/c13-7-1-3-9-5-6-11(15(16)17)10-4-2-8-14-12(9)10/h1-6,8H,7H2. The van der Waals surface area contributed by atoms with Crippen molar-refractivity contribution in [3.05, 3.63) is 52.2 Å². The molecular weight excluding hydrogens is 240 g/mol. The number of hydrogen-bond acceptors (Lipinski definition) is 3. The van der Waals surface area contributed by atoms with Crippen LogP contribution in [0.1, 0.15) is 5.56 Å². The average Bonchev–Trinajstić information content (AvgIpc) is 2.35. The molecule has 86 valence electrons. The van der Waals surface area contributed by atoms with Gasteiger partial charge in [-0.05, 0) is 18.2 Å². The Kier molecular flexibility index (Phi) is 3.35. The number of nitrogens with zero attached hydrogens (tertiary/aromatic N) is 2. The molecule has 0 spiro atoms. The summed E-state index contributed by atoms with van der Waals surface area (Å²) >= 11 is 5.57. The van der Waals surface area contributed by atoms with Crippen molar-refractivity contribution in [1.29, 1.82) is 0 Å². The van der Waals surface area contributed by atoms with Gasteiger partial charge >= 0.3 is 0 Å². The average molecular weight is 249 g/mol. The number of nitro groups is 1. The van der Waals surface area contributed by atoms with E-state index in [1.54, 1.807) is 30.5 Å². The molecule has 0 atom stereocenters. The van der Waals surface area contributed by atoms with Gasteiger partial charge < -0.3 is 0 Å². The zero-order valence-electron chi connectivity index (χ0n) is 8.84. The summed E-state index contributed by atoms with van der Waals surface area (Å²) in [6.07, 6.45) is 5.20. The highest BCUT2D eigenvalue weighted by Crippen LogP contribution is 2.27. The normalized spacial score (nSPS) is 11.1. The third-order valence-corrected chi connectivity index (χ3v) is 2.54. The molecule has 1 heterocycles. The Labute approximate surface area is 103 Å². The molecule has 0 aliphatic rings. The van der Waals surface area contributed by atoms with Crippen LogP contribution in [-0.2, 0) is 0 Å². The van der Waals surface area contributed by atoms with Gasteiger partial charge in [0, 0.05) is 23.7 Å². The minimum atomic E-state index is -0.404. The molecule has 0 bridgehead atoms. The van der Waals surface area contributed by atoms with Crippen LogP contribution in [0, 0.1) is 10.1 Å². The summed E-state index contributed by atoms with van der Waals surface area (Å²) in [4.78, 5) is 14.7. The summed E-state index contributed by atoms with van der Waals surface area (Å²) in [5.41, 5.74) is 1.51. The molecule has 4 nitrogen and oxygen atoms in total. The van der Waals surface area contributed by atoms with Crippen molar-refractivity contribution in [3.63, 3.8) is 0 Å². The highest BCUT2D eigenvalue weighted by Gasteiger charge is 2.13. The van der Waals surface area contributed by atoms with Crippen molar-refractivity contribution < 1.29 is 4.92 Å². The van der Waals surface area contributed by atoms with Gasteiger partial charge in [-0.2, -0.15) is 0 Å². The fourth-order valence-corrected chi connectivity index (χ4v) is 1.73. The van der Waals surface area contributed by atoms with Gasteiger partial charge in [0.25, 0.3) is 5.69 Å². The largest absolute Gasteiger partial charge is 0.278 e. The third kappa shape index (κ3) is 2.26.